The molecular weight excluding hydrogens is 324 g/mol. The van der Waals surface area contributed by atoms with Gasteiger partial charge in [-0.3, -0.25) is 14.9 Å². The molecule has 1 amide bonds. The highest BCUT2D eigenvalue weighted by molar-refractivity contribution is 5.86. The lowest BCUT2D eigenvalue weighted by Gasteiger charge is -2.13. The molecule has 130 valence electrons. The summed E-state index contributed by atoms with van der Waals surface area (Å²) < 4.78 is 5.07. The Labute approximate surface area is 144 Å². The summed E-state index contributed by atoms with van der Waals surface area (Å²) in [6.45, 7) is 1.70. The van der Waals surface area contributed by atoms with Gasteiger partial charge in [-0.25, -0.2) is 5.43 Å². The van der Waals surface area contributed by atoms with Crippen molar-refractivity contribution in [2.45, 2.75) is 13.0 Å². The molecular formula is C17H18N4O4. The van der Waals surface area contributed by atoms with E-state index >= 15 is 0 Å². The van der Waals surface area contributed by atoms with Gasteiger partial charge in [0.15, 0.2) is 0 Å². The number of hydrogen-bond donors (Lipinski definition) is 2. The Morgan fingerprint density at radius 2 is 2.00 bits per heavy atom. The van der Waals surface area contributed by atoms with Crippen LogP contribution in [0.1, 0.15) is 12.5 Å². The maximum absolute atomic E-state index is 12.0. The third-order valence-electron chi connectivity index (χ3n) is 3.34. The summed E-state index contributed by atoms with van der Waals surface area (Å²) >= 11 is 0. The maximum Gasteiger partial charge on any atom is 0.270 e. The molecule has 0 heterocycles. The standard InChI is InChI=1S/C17H18N4O4/c1-12(19-14-6-8-16(25-2)9-7-14)17(22)20-18-11-13-4-3-5-15(10-13)21(23)24/h3-12,19H,1-2H3,(H,20,22)/b18-11-/t12-/m0/s1. The van der Waals surface area contributed by atoms with Crippen molar-refractivity contribution in [2.24, 2.45) is 5.10 Å². The molecule has 0 saturated carbocycles. The highest BCUT2D eigenvalue weighted by Crippen LogP contribution is 2.15. The lowest BCUT2D eigenvalue weighted by Crippen LogP contribution is -2.34. The van der Waals surface area contributed by atoms with E-state index in [9.17, 15) is 14.9 Å². The quantitative estimate of drug-likeness (QED) is 0.457. The second kappa shape index (κ2) is 8.44. The number of carbonyl (C=O) groups is 1. The molecule has 0 unspecified atom stereocenters. The molecule has 1 atom stereocenters. The van der Waals surface area contributed by atoms with Crippen LogP contribution in [0.3, 0.4) is 0 Å². The van der Waals surface area contributed by atoms with Crippen molar-refractivity contribution in [1.82, 2.24) is 5.43 Å². The Hall–Kier alpha value is -3.42. The molecule has 2 aromatic rings. The Morgan fingerprint density at radius 1 is 1.28 bits per heavy atom. The Balaban J connectivity index is 1.90. The molecule has 0 aliphatic carbocycles. The Morgan fingerprint density at radius 3 is 2.64 bits per heavy atom. The first-order valence-electron chi connectivity index (χ1n) is 7.47. The van der Waals surface area contributed by atoms with Crippen LogP contribution in [0.25, 0.3) is 0 Å². The fourth-order valence-corrected chi connectivity index (χ4v) is 1.99. The number of nitro groups is 1. The summed E-state index contributed by atoms with van der Waals surface area (Å²) in [7, 11) is 1.58. The zero-order valence-corrected chi connectivity index (χ0v) is 13.8. The Kier molecular flexibility index (Phi) is 6.05. The van der Waals surface area contributed by atoms with Crippen molar-refractivity contribution < 1.29 is 14.5 Å². The summed E-state index contributed by atoms with van der Waals surface area (Å²) in [4.78, 5) is 22.2. The number of nitrogens with zero attached hydrogens (tertiary/aromatic N) is 2. The van der Waals surface area contributed by atoms with Crippen LogP contribution in [0.2, 0.25) is 0 Å². The van der Waals surface area contributed by atoms with Crippen LogP contribution in [-0.2, 0) is 4.79 Å². The number of ether oxygens (including phenoxy) is 1. The fourth-order valence-electron chi connectivity index (χ4n) is 1.99. The number of nitro benzene ring substituents is 1. The molecule has 0 aliphatic heterocycles. The van der Waals surface area contributed by atoms with Crippen LogP contribution in [0.5, 0.6) is 5.75 Å². The number of methoxy groups -OCH3 is 1. The molecule has 25 heavy (non-hydrogen) atoms. The fraction of sp³-hybridized carbons (Fsp3) is 0.176. The molecule has 0 spiro atoms. The SMILES string of the molecule is COc1ccc(N[C@@H](C)C(=O)N/N=C\c2cccc([N+](=O)[O-])c2)cc1. The van der Waals surface area contributed by atoms with Crippen molar-refractivity contribution in [3.05, 3.63) is 64.2 Å². The third kappa shape index (κ3) is 5.31. The van der Waals surface area contributed by atoms with Gasteiger partial charge < -0.3 is 10.1 Å². The van der Waals surface area contributed by atoms with Gasteiger partial charge in [0.05, 0.1) is 18.2 Å². The first-order chi connectivity index (χ1) is 12.0. The van der Waals surface area contributed by atoms with Crippen LogP contribution >= 0.6 is 0 Å². The van der Waals surface area contributed by atoms with Crippen molar-refractivity contribution in [3.8, 4) is 5.75 Å². The van der Waals surface area contributed by atoms with Gasteiger partial charge in [-0.1, -0.05) is 12.1 Å². The summed E-state index contributed by atoms with van der Waals surface area (Å²) in [5, 5.41) is 17.6. The van der Waals surface area contributed by atoms with E-state index in [0.29, 0.717) is 5.56 Å². The van der Waals surface area contributed by atoms with Crippen LogP contribution in [0.15, 0.2) is 53.6 Å². The molecule has 2 rings (SSSR count). The number of rotatable bonds is 7. The minimum atomic E-state index is -0.518. The zero-order valence-electron chi connectivity index (χ0n) is 13.8. The van der Waals surface area contributed by atoms with Crippen molar-refractivity contribution in [2.75, 3.05) is 12.4 Å². The molecule has 0 aromatic heterocycles. The molecule has 2 N–H and O–H groups in total. The number of nitrogens with one attached hydrogen (secondary N) is 2. The normalized spacial score (nSPS) is 11.8. The molecule has 0 aliphatic rings. The first-order valence-corrected chi connectivity index (χ1v) is 7.47. The monoisotopic (exact) mass is 342 g/mol. The van der Waals surface area contributed by atoms with Gasteiger partial charge in [-0.05, 0) is 31.2 Å². The second-order valence-electron chi connectivity index (χ2n) is 5.18. The molecule has 8 nitrogen and oxygen atoms in total. The van der Waals surface area contributed by atoms with E-state index in [4.69, 9.17) is 4.74 Å². The number of benzene rings is 2. The zero-order chi connectivity index (χ0) is 18.2. The topological polar surface area (TPSA) is 106 Å². The van der Waals surface area contributed by atoms with Crippen molar-refractivity contribution in [3.63, 3.8) is 0 Å². The average Bonchev–Trinajstić information content (AvgIpc) is 2.62. The van der Waals surface area contributed by atoms with Crippen LogP contribution < -0.4 is 15.5 Å². The smallest absolute Gasteiger partial charge is 0.270 e. The van der Waals surface area contributed by atoms with Gasteiger partial charge in [0, 0.05) is 23.4 Å². The molecule has 0 bridgehead atoms. The first kappa shape index (κ1) is 17.9. The second-order valence-corrected chi connectivity index (χ2v) is 5.18. The lowest BCUT2D eigenvalue weighted by atomic mass is 10.2. The lowest BCUT2D eigenvalue weighted by molar-refractivity contribution is -0.384. The van der Waals surface area contributed by atoms with Gasteiger partial charge in [0.1, 0.15) is 11.8 Å². The molecule has 8 heteroatoms. The van der Waals surface area contributed by atoms with E-state index in [2.05, 4.69) is 15.8 Å². The highest BCUT2D eigenvalue weighted by Gasteiger charge is 2.11. The molecule has 2 aromatic carbocycles. The molecule has 0 fully saturated rings. The van der Waals surface area contributed by atoms with Crippen LogP contribution in [0.4, 0.5) is 11.4 Å². The van der Waals surface area contributed by atoms with Crippen LogP contribution in [-0.4, -0.2) is 30.2 Å². The largest absolute Gasteiger partial charge is 0.497 e. The molecule has 0 radical (unpaired) electrons. The number of anilines is 1. The summed E-state index contributed by atoms with van der Waals surface area (Å²) in [5.41, 5.74) is 3.65. The Bertz CT molecular complexity index is 774. The van der Waals surface area contributed by atoms with E-state index < -0.39 is 11.0 Å². The summed E-state index contributed by atoms with van der Waals surface area (Å²) in [6.07, 6.45) is 1.35. The minimum Gasteiger partial charge on any atom is -0.497 e. The third-order valence-corrected chi connectivity index (χ3v) is 3.34. The highest BCUT2D eigenvalue weighted by atomic mass is 16.6. The van der Waals surface area contributed by atoms with E-state index in [1.165, 1.54) is 18.3 Å². The number of hydrogen-bond acceptors (Lipinski definition) is 6. The van der Waals surface area contributed by atoms with Crippen molar-refractivity contribution >= 4 is 23.5 Å². The molecule has 0 saturated heterocycles. The number of non-ortho nitro benzene ring substituents is 1. The maximum atomic E-state index is 12.0. The van der Waals surface area contributed by atoms with Gasteiger partial charge in [0.25, 0.3) is 11.6 Å². The predicted molar refractivity (Wildman–Crippen MR) is 94.9 cm³/mol. The van der Waals surface area contributed by atoms with Gasteiger partial charge >= 0.3 is 0 Å². The number of hydrazone groups is 1. The van der Waals surface area contributed by atoms with E-state index in [0.717, 1.165) is 11.4 Å². The van der Waals surface area contributed by atoms with Gasteiger partial charge in [-0.2, -0.15) is 5.10 Å². The van der Waals surface area contributed by atoms with E-state index in [-0.39, 0.29) is 11.6 Å². The van der Waals surface area contributed by atoms with Gasteiger partial charge in [-0.15, -0.1) is 0 Å². The predicted octanol–water partition coefficient (Wildman–Crippen LogP) is 2.55. The number of amides is 1. The summed E-state index contributed by atoms with van der Waals surface area (Å²) in [6, 6.07) is 12.6. The van der Waals surface area contributed by atoms with Gasteiger partial charge in [0.2, 0.25) is 0 Å². The van der Waals surface area contributed by atoms with Crippen molar-refractivity contribution in [1.29, 1.82) is 0 Å². The van der Waals surface area contributed by atoms with E-state index in [1.54, 1.807) is 50.4 Å². The summed E-state index contributed by atoms with van der Waals surface area (Å²) in [5.74, 6) is 0.390. The van der Waals surface area contributed by atoms with Crippen LogP contribution in [0, 0.1) is 10.1 Å². The minimum absolute atomic E-state index is 0.0372. The average molecular weight is 342 g/mol. The van der Waals surface area contributed by atoms with E-state index in [1.807, 2.05) is 0 Å². The number of carbonyl (C=O) groups excluding carboxylic acids is 1.